The van der Waals surface area contributed by atoms with E-state index < -0.39 is 0 Å². The van der Waals surface area contributed by atoms with Crippen molar-refractivity contribution in [1.82, 2.24) is 0 Å². The topological polar surface area (TPSA) is 13.1 Å². The molecule has 11 rings (SSSR count). The van der Waals surface area contributed by atoms with Gasteiger partial charge in [-0.2, -0.15) is 0 Å². The molecule has 0 spiro atoms. The van der Waals surface area contributed by atoms with Crippen LogP contribution >= 0.6 is 0 Å². The Morgan fingerprint density at radius 2 is 0.755 bits per heavy atom. The Hall–Kier alpha value is -6.96. The van der Waals surface area contributed by atoms with E-state index in [1.807, 2.05) is 0 Å². The van der Waals surface area contributed by atoms with Crippen molar-refractivity contribution in [2.24, 2.45) is 0 Å². The van der Waals surface area contributed by atoms with Gasteiger partial charge in [0.15, 0.2) is 0 Å². The van der Waals surface area contributed by atoms with Crippen molar-refractivity contribution in [3.63, 3.8) is 0 Å². The third-order valence-corrected chi connectivity index (χ3v) is 11.0. The quantitative estimate of drug-likeness (QED) is 0.170. The largest absolute Gasteiger partial charge is 0.455 e. The molecule has 1 nitrogen and oxygen atoms in total. The Morgan fingerprint density at radius 3 is 1.43 bits per heavy atom. The molecule has 10 aromatic carbocycles. The highest BCUT2D eigenvalue weighted by atomic mass is 16.3. The van der Waals surface area contributed by atoms with Crippen LogP contribution < -0.4 is 0 Å². The van der Waals surface area contributed by atoms with E-state index in [0.717, 1.165) is 32.9 Å². The number of rotatable bonds is 4. The van der Waals surface area contributed by atoms with E-state index >= 15 is 0 Å². The van der Waals surface area contributed by atoms with Crippen molar-refractivity contribution in [2.75, 3.05) is 0 Å². The molecule has 0 N–H and O–H groups in total. The fraction of sp³-hybridized carbons (Fsp3) is 0. The molecule has 0 aliphatic carbocycles. The summed E-state index contributed by atoms with van der Waals surface area (Å²) in [7, 11) is 0. The van der Waals surface area contributed by atoms with Crippen LogP contribution in [0.1, 0.15) is 0 Å². The number of benzene rings is 10. The van der Waals surface area contributed by atoms with Crippen LogP contribution in [0.15, 0.2) is 199 Å². The second-order valence-electron chi connectivity index (χ2n) is 14.0. The minimum absolute atomic E-state index is 0.894. The van der Waals surface area contributed by atoms with Gasteiger partial charge in [0.1, 0.15) is 11.2 Å². The molecule has 0 unspecified atom stereocenters. The first-order chi connectivity index (χ1) is 26.3. The van der Waals surface area contributed by atoms with Gasteiger partial charge >= 0.3 is 0 Å². The summed E-state index contributed by atoms with van der Waals surface area (Å²) in [6.45, 7) is 0. The van der Waals surface area contributed by atoms with E-state index in [0.29, 0.717) is 0 Å². The molecule has 1 aromatic heterocycles. The lowest BCUT2D eigenvalue weighted by Crippen LogP contribution is -1.91. The summed E-state index contributed by atoms with van der Waals surface area (Å²) in [6.07, 6.45) is 0. The summed E-state index contributed by atoms with van der Waals surface area (Å²) < 4.78 is 6.85. The first kappa shape index (κ1) is 29.7. The fourth-order valence-corrected chi connectivity index (χ4v) is 8.56. The predicted molar refractivity (Wildman–Crippen MR) is 225 cm³/mol. The van der Waals surface area contributed by atoms with E-state index in [4.69, 9.17) is 4.42 Å². The molecule has 0 aliphatic rings. The van der Waals surface area contributed by atoms with Crippen LogP contribution in [-0.4, -0.2) is 0 Å². The molecule has 11 aromatic rings. The molecule has 0 atom stereocenters. The third kappa shape index (κ3) is 4.71. The zero-order valence-electron chi connectivity index (χ0n) is 28.9. The molecule has 0 saturated carbocycles. The molecule has 0 saturated heterocycles. The number of fused-ring (bicyclic) bond motifs is 8. The molecule has 0 amide bonds. The lowest BCUT2D eigenvalue weighted by atomic mass is 9.85. The van der Waals surface area contributed by atoms with Gasteiger partial charge in [-0.1, -0.05) is 170 Å². The summed E-state index contributed by atoms with van der Waals surface area (Å²) in [5.74, 6) is 0. The molecular weight excluding hydrogens is 641 g/mol. The predicted octanol–water partition coefficient (Wildman–Crippen LogP) is 14.9. The highest BCUT2D eigenvalue weighted by molar-refractivity contribution is 6.23. The Balaban J connectivity index is 1.11. The second-order valence-corrected chi connectivity index (χ2v) is 14.0. The van der Waals surface area contributed by atoms with Gasteiger partial charge < -0.3 is 4.42 Å². The molecule has 0 bridgehead atoms. The van der Waals surface area contributed by atoms with Crippen LogP contribution in [0.2, 0.25) is 0 Å². The molecular formula is C52H32O. The van der Waals surface area contributed by atoms with Crippen molar-refractivity contribution in [1.29, 1.82) is 0 Å². The van der Waals surface area contributed by atoms with Crippen molar-refractivity contribution in [3.8, 4) is 44.5 Å². The summed E-state index contributed by atoms with van der Waals surface area (Å²) in [6, 6.07) is 70.4. The van der Waals surface area contributed by atoms with Gasteiger partial charge in [0, 0.05) is 16.2 Å². The van der Waals surface area contributed by atoms with Crippen LogP contribution in [-0.2, 0) is 0 Å². The minimum Gasteiger partial charge on any atom is -0.455 e. The highest BCUT2D eigenvalue weighted by Crippen LogP contribution is 2.46. The second kappa shape index (κ2) is 11.8. The fourth-order valence-electron chi connectivity index (χ4n) is 8.56. The van der Waals surface area contributed by atoms with Gasteiger partial charge in [0.05, 0.1) is 0 Å². The normalized spacial score (nSPS) is 11.8. The summed E-state index contributed by atoms with van der Waals surface area (Å²) in [4.78, 5) is 0. The van der Waals surface area contributed by atoms with Crippen LogP contribution in [0.25, 0.3) is 110 Å². The van der Waals surface area contributed by atoms with E-state index in [9.17, 15) is 0 Å². The van der Waals surface area contributed by atoms with Crippen molar-refractivity contribution in [3.05, 3.63) is 194 Å². The summed E-state index contributed by atoms with van der Waals surface area (Å²) >= 11 is 0. The van der Waals surface area contributed by atoms with Crippen LogP contribution in [0.5, 0.6) is 0 Å². The first-order valence-electron chi connectivity index (χ1n) is 18.3. The molecule has 1 heterocycles. The van der Waals surface area contributed by atoms with E-state index in [1.165, 1.54) is 76.6 Å². The van der Waals surface area contributed by atoms with Gasteiger partial charge in [0.2, 0.25) is 0 Å². The molecule has 0 aliphatic heterocycles. The van der Waals surface area contributed by atoms with Gasteiger partial charge in [-0.25, -0.2) is 0 Å². The lowest BCUT2D eigenvalue weighted by Gasteiger charge is -2.18. The van der Waals surface area contributed by atoms with E-state index in [1.54, 1.807) is 0 Å². The Morgan fingerprint density at radius 1 is 0.264 bits per heavy atom. The van der Waals surface area contributed by atoms with Crippen molar-refractivity contribution in [2.45, 2.75) is 0 Å². The Bertz CT molecular complexity index is 3150. The molecule has 53 heavy (non-hydrogen) atoms. The van der Waals surface area contributed by atoms with Gasteiger partial charge in [-0.3, -0.25) is 0 Å². The lowest BCUT2D eigenvalue weighted by molar-refractivity contribution is 0.673. The number of hydrogen-bond acceptors (Lipinski definition) is 1. The van der Waals surface area contributed by atoms with Crippen molar-refractivity contribution >= 4 is 65.0 Å². The maximum atomic E-state index is 6.85. The number of hydrogen-bond donors (Lipinski definition) is 0. The molecule has 246 valence electrons. The SMILES string of the molecule is c1ccc(-c2ccc(-c3cc4c5ccc(-c6c7ccccc7c(-c7ccc8ccccc8c7)c7ccccc67)cc5oc4c4ccccc34)cc2)cc1. The maximum Gasteiger partial charge on any atom is 0.143 e. The summed E-state index contributed by atoms with van der Waals surface area (Å²) in [5, 5.41) is 12.0. The van der Waals surface area contributed by atoms with Crippen LogP contribution in [0, 0.1) is 0 Å². The van der Waals surface area contributed by atoms with E-state index in [-0.39, 0.29) is 0 Å². The average Bonchev–Trinajstić information content (AvgIpc) is 3.61. The number of furan rings is 1. The third-order valence-electron chi connectivity index (χ3n) is 11.0. The first-order valence-corrected chi connectivity index (χ1v) is 18.3. The zero-order chi connectivity index (χ0) is 34.9. The van der Waals surface area contributed by atoms with Crippen molar-refractivity contribution < 1.29 is 4.42 Å². The standard InChI is InChI=1S/C52H32O/c1-2-12-33(13-3-1)35-22-25-36(26-23-35)47-32-48-41-29-28-39(31-49(41)53-52(48)46-21-11-6-16-40(46)47)51-44-19-9-7-17-42(44)50(43-18-8-10-20-45(43)51)38-27-24-34-14-4-5-15-37(34)30-38/h1-32H. The smallest absolute Gasteiger partial charge is 0.143 e. The van der Waals surface area contributed by atoms with Crippen LogP contribution in [0.3, 0.4) is 0 Å². The van der Waals surface area contributed by atoms with Gasteiger partial charge in [-0.05, 0) is 106 Å². The minimum atomic E-state index is 0.894. The average molecular weight is 673 g/mol. The monoisotopic (exact) mass is 672 g/mol. The summed E-state index contributed by atoms with van der Waals surface area (Å²) in [5.41, 5.74) is 11.5. The Labute approximate surface area is 307 Å². The highest BCUT2D eigenvalue weighted by Gasteiger charge is 2.19. The maximum absolute atomic E-state index is 6.85. The molecule has 1 heteroatoms. The van der Waals surface area contributed by atoms with Crippen LogP contribution in [0.4, 0.5) is 0 Å². The molecule has 0 fully saturated rings. The molecule has 0 radical (unpaired) electrons. The van der Waals surface area contributed by atoms with E-state index in [2.05, 4.69) is 194 Å². The zero-order valence-corrected chi connectivity index (χ0v) is 28.9. The van der Waals surface area contributed by atoms with Gasteiger partial charge in [0.25, 0.3) is 0 Å². The van der Waals surface area contributed by atoms with Gasteiger partial charge in [-0.15, -0.1) is 0 Å². The Kier molecular flexibility index (Phi) is 6.62.